The lowest BCUT2D eigenvalue weighted by atomic mass is 9.91. The van der Waals surface area contributed by atoms with Gasteiger partial charge < -0.3 is 20.2 Å². The molecule has 1 fully saturated rings. The highest BCUT2D eigenvalue weighted by atomic mass is 35.5. The van der Waals surface area contributed by atoms with Gasteiger partial charge in [0.1, 0.15) is 5.75 Å². The minimum absolute atomic E-state index is 0.0660. The molecule has 1 aliphatic rings. The Hall–Kier alpha value is -3.01. The quantitative estimate of drug-likeness (QED) is 0.234. The number of halogens is 2. The van der Waals surface area contributed by atoms with Gasteiger partial charge in [-0.1, -0.05) is 44.0 Å². The van der Waals surface area contributed by atoms with E-state index in [1.165, 1.54) is 0 Å². The summed E-state index contributed by atoms with van der Waals surface area (Å²) in [7, 11) is -2.01. The van der Waals surface area contributed by atoms with Crippen molar-refractivity contribution in [3.63, 3.8) is 0 Å². The van der Waals surface area contributed by atoms with Gasteiger partial charge >= 0.3 is 6.09 Å². The summed E-state index contributed by atoms with van der Waals surface area (Å²) in [6.07, 6.45) is 1.82. The number of carbonyl (C=O) groups excluding carboxylic acids is 1. The van der Waals surface area contributed by atoms with Crippen molar-refractivity contribution >= 4 is 43.5 Å². The van der Waals surface area contributed by atoms with E-state index in [9.17, 15) is 9.59 Å². The zero-order valence-electron chi connectivity index (χ0n) is 24.3. The minimum atomic E-state index is -2.01. The second-order valence-corrected chi connectivity index (χ2v) is 17.8. The van der Waals surface area contributed by atoms with Crippen LogP contribution in [0.4, 0.5) is 4.79 Å². The maximum absolute atomic E-state index is 13.5. The average molecular weight is 618 g/mol. The molecule has 11 heteroatoms. The van der Waals surface area contributed by atoms with Crippen LogP contribution < -0.4 is 15.1 Å². The number of carboxylic acid groups (broad SMARTS) is 1. The van der Waals surface area contributed by atoms with Crippen LogP contribution >= 0.6 is 23.2 Å². The van der Waals surface area contributed by atoms with E-state index in [1.807, 2.05) is 31.2 Å². The first-order chi connectivity index (χ1) is 19.2. The second kappa shape index (κ2) is 12.1. The van der Waals surface area contributed by atoms with Crippen LogP contribution in [0.3, 0.4) is 0 Å². The van der Waals surface area contributed by atoms with Crippen LogP contribution in [-0.2, 0) is 0 Å². The van der Waals surface area contributed by atoms with Gasteiger partial charge in [0.05, 0.1) is 16.4 Å². The van der Waals surface area contributed by atoms with Gasteiger partial charge in [0.25, 0.3) is 5.91 Å². The Morgan fingerprint density at radius 1 is 1.05 bits per heavy atom. The molecule has 0 saturated heterocycles. The standard InChI is InChI=1S/C30H38Cl2N4O4Si/c1-18-26(28(37)33-21-8-7-9-22(17-21)34-29(38)39)35-36(25-15-12-20(31)16-24(25)32)27(18)19-10-13-23(14-11-19)40-41(5,6)30(2,3)4/h10-16,21-22,34H,7-9,17H2,1-6H3,(H,33,37)(H,38,39). The molecule has 0 aliphatic heterocycles. The maximum Gasteiger partial charge on any atom is 0.404 e. The van der Waals surface area contributed by atoms with E-state index in [0.29, 0.717) is 27.7 Å². The van der Waals surface area contributed by atoms with Crippen LogP contribution in [0.25, 0.3) is 16.9 Å². The predicted octanol–water partition coefficient (Wildman–Crippen LogP) is 7.85. The molecule has 0 bridgehead atoms. The van der Waals surface area contributed by atoms with Gasteiger partial charge in [-0.15, -0.1) is 0 Å². The molecule has 1 saturated carbocycles. The molecule has 1 heterocycles. The molecule has 2 atom stereocenters. The van der Waals surface area contributed by atoms with Crippen molar-refractivity contribution in [1.82, 2.24) is 20.4 Å². The van der Waals surface area contributed by atoms with Crippen molar-refractivity contribution in [2.24, 2.45) is 0 Å². The van der Waals surface area contributed by atoms with Crippen LogP contribution in [0, 0.1) is 6.92 Å². The molecule has 0 radical (unpaired) electrons. The van der Waals surface area contributed by atoms with Crippen molar-refractivity contribution in [3.05, 3.63) is 63.8 Å². The van der Waals surface area contributed by atoms with Gasteiger partial charge in [-0.3, -0.25) is 4.79 Å². The summed E-state index contributed by atoms with van der Waals surface area (Å²) in [5.74, 6) is 0.486. The highest BCUT2D eigenvalue weighted by molar-refractivity contribution is 6.74. The number of hydrogen-bond donors (Lipinski definition) is 3. The van der Waals surface area contributed by atoms with Crippen LogP contribution in [0.15, 0.2) is 42.5 Å². The first-order valence-electron chi connectivity index (χ1n) is 13.8. The van der Waals surface area contributed by atoms with Gasteiger partial charge in [-0.05, 0) is 93.2 Å². The third kappa shape index (κ3) is 7.08. The molecule has 3 N–H and O–H groups in total. The molecule has 8 nitrogen and oxygen atoms in total. The zero-order chi connectivity index (χ0) is 30.1. The normalized spacial score (nSPS) is 17.7. The van der Waals surface area contributed by atoms with E-state index in [0.717, 1.165) is 36.3 Å². The highest BCUT2D eigenvalue weighted by Gasteiger charge is 2.39. The summed E-state index contributed by atoms with van der Waals surface area (Å²) in [6, 6.07) is 12.6. The summed E-state index contributed by atoms with van der Waals surface area (Å²) >= 11 is 12.8. The van der Waals surface area contributed by atoms with E-state index in [2.05, 4.69) is 44.5 Å². The monoisotopic (exact) mass is 616 g/mol. The number of aromatic nitrogens is 2. The fourth-order valence-electron chi connectivity index (χ4n) is 4.89. The summed E-state index contributed by atoms with van der Waals surface area (Å²) in [5.41, 5.74) is 3.15. The SMILES string of the molecule is Cc1c(C(=O)NC2CCCC(NC(=O)O)C2)nn(-c2ccc(Cl)cc2Cl)c1-c1ccc(O[Si](C)(C)C(C)(C)C)cc1. The van der Waals surface area contributed by atoms with Crippen molar-refractivity contribution in [3.8, 4) is 22.7 Å². The second-order valence-electron chi connectivity index (χ2n) is 12.2. The molecule has 41 heavy (non-hydrogen) atoms. The van der Waals surface area contributed by atoms with Gasteiger partial charge in [-0.25, -0.2) is 9.48 Å². The molecular weight excluding hydrogens is 579 g/mol. The third-order valence-electron chi connectivity index (χ3n) is 8.12. The lowest BCUT2D eigenvalue weighted by Crippen LogP contribution is -2.45. The van der Waals surface area contributed by atoms with Crippen LogP contribution in [0.2, 0.25) is 28.2 Å². The van der Waals surface area contributed by atoms with Crippen molar-refractivity contribution in [2.45, 2.75) is 83.6 Å². The van der Waals surface area contributed by atoms with Crippen LogP contribution in [-0.4, -0.2) is 47.3 Å². The highest BCUT2D eigenvalue weighted by Crippen LogP contribution is 2.38. The summed E-state index contributed by atoms with van der Waals surface area (Å²) < 4.78 is 8.15. The molecule has 0 spiro atoms. The van der Waals surface area contributed by atoms with Gasteiger partial charge in [0.2, 0.25) is 8.32 Å². The fraction of sp³-hybridized carbons (Fsp3) is 0.433. The Morgan fingerprint density at radius 3 is 2.27 bits per heavy atom. The number of rotatable bonds is 7. The number of hydrogen-bond acceptors (Lipinski definition) is 4. The molecule has 2 aromatic carbocycles. The van der Waals surface area contributed by atoms with Gasteiger partial charge in [-0.2, -0.15) is 5.10 Å². The summed E-state index contributed by atoms with van der Waals surface area (Å²) in [6.45, 7) is 12.9. The van der Waals surface area contributed by atoms with Crippen molar-refractivity contribution in [1.29, 1.82) is 0 Å². The molecule has 3 aromatic rings. The van der Waals surface area contributed by atoms with E-state index < -0.39 is 14.4 Å². The van der Waals surface area contributed by atoms with Crippen LogP contribution in [0.5, 0.6) is 5.75 Å². The van der Waals surface area contributed by atoms with Crippen molar-refractivity contribution in [2.75, 3.05) is 0 Å². The largest absolute Gasteiger partial charge is 0.544 e. The van der Waals surface area contributed by atoms with E-state index in [-0.39, 0.29) is 28.7 Å². The topological polar surface area (TPSA) is 105 Å². The lowest BCUT2D eigenvalue weighted by molar-refractivity contribution is 0.0917. The van der Waals surface area contributed by atoms with Crippen LogP contribution in [0.1, 0.15) is 62.5 Å². The third-order valence-corrected chi connectivity index (χ3v) is 13.0. The Morgan fingerprint density at radius 2 is 1.68 bits per heavy atom. The van der Waals surface area contributed by atoms with Gasteiger partial charge in [0.15, 0.2) is 5.69 Å². The first kappa shape index (κ1) is 30.9. The lowest BCUT2D eigenvalue weighted by Gasteiger charge is -2.36. The molecule has 2 unspecified atom stereocenters. The molecule has 220 valence electrons. The zero-order valence-corrected chi connectivity index (χ0v) is 26.9. The summed E-state index contributed by atoms with van der Waals surface area (Å²) in [5, 5.41) is 20.4. The predicted molar refractivity (Wildman–Crippen MR) is 166 cm³/mol. The number of benzene rings is 2. The van der Waals surface area contributed by atoms with E-state index in [4.69, 9.17) is 37.8 Å². The molecule has 1 aliphatic carbocycles. The Labute approximate surface area is 252 Å². The molecule has 2 amide bonds. The average Bonchev–Trinajstić information content (AvgIpc) is 3.20. The Bertz CT molecular complexity index is 1430. The number of carbonyl (C=O) groups is 2. The van der Waals surface area contributed by atoms with E-state index in [1.54, 1.807) is 22.9 Å². The Balaban J connectivity index is 1.69. The maximum atomic E-state index is 13.5. The molecule has 4 rings (SSSR count). The Kier molecular flexibility index (Phi) is 9.11. The molecular formula is C30H38Cl2N4O4Si. The van der Waals surface area contributed by atoms with E-state index >= 15 is 0 Å². The number of amides is 2. The summed E-state index contributed by atoms with van der Waals surface area (Å²) in [4.78, 5) is 24.7. The fourth-order valence-corrected chi connectivity index (χ4v) is 6.41. The smallest absolute Gasteiger partial charge is 0.404 e. The number of nitrogens with zero attached hydrogens (tertiary/aromatic N) is 2. The minimum Gasteiger partial charge on any atom is -0.544 e. The molecule has 1 aromatic heterocycles. The van der Waals surface area contributed by atoms with Crippen molar-refractivity contribution < 1.29 is 19.1 Å². The number of nitrogens with one attached hydrogen (secondary N) is 2. The van der Waals surface area contributed by atoms with Gasteiger partial charge in [0, 0.05) is 28.2 Å². The first-order valence-corrected chi connectivity index (χ1v) is 17.5.